The Morgan fingerprint density at radius 2 is 2.13 bits per heavy atom. The molecule has 0 aliphatic rings. The lowest BCUT2D eigenvalue weighted by Gasteiger charge is -2.12. The molecular formula is C9H12F2N2O2. The fourth-order valence-electron chi connectivity index (χ4n) is 1.30. The van der Waals surface area contributed by atoms with E-state index in [0.717, 1.165) is 0 Å². The van der Waals surface area contributed by atoms with Gasteiger partial charge in [-0.1, -0.05) is 0 Å². The highest BCUT2D eigenvalue weighted by Gasteiger charge is 2.23. The average molecular weight is 218 g/mol. The van der Waals surface area contributed by atoms with Gasteiger partial charge in [-0.25, -0.2) is 13.6 Å². The maximum atomic E-state index is 12.3. The third kappa shape index (κ3) is 2.15. The number of carbonyl (C=O) groups is 1. The van der Waals surface area contributed by atoms with Gasteiger partial charge in [0.25, 0.3) is 6.43 Å². The summed E-state index contributed by atoms with van der Waals surface area (Å²) in [6.45, 7) is 0. The molecule has 0 spiro atoms. The molecule has 0 aromatic carbocycles. The van der Waals surface area contributed by atoms with Gasteiger partial charge in [-0.2, -0.15) is 0 Å². The maximum absolute atomic E-state index is 12.3. The molecule has 0 bridgehead atoms. The van der Waals surface area contributed by atoms with Crippen molar-refractivity contribution in [1.29, 1.82) is 0 Å². The van der Waals surface area contributed by atoms with Crippen LogP contribution in [0.4, 0.5) is 8.78 Å². The number of aromatic nitrogens is 1. The molecule has 6 heteroatoms. The van der Waals surface area contributed by atoms with E-state index in [9.17, 15) is 13.6 Å². The monoisotopic (exact) mass is 218 g/mol. The van der Waals surface area contributed by atoms with Gasteiger partial charge in [0.2, 0.25) is 0 Å². The summed E-state index contributed by atoms with van der Waals surface area (Å²) in [6.07, 6.45) is -2.66. The lowest BCUT2D eigenvalue weighted by Crippen LogP contribution is -2.22. The van der Waals surface area contributed by atoms with Gasteiger partial charge < -0.3 is 15.0 Å². The van der Waals surface area contributed by atoms with E-state index >= 15 is 0 Å². The Balaban J connectivity index is 3.04. The summed E-state index contributed by atoms with van der Waals surface area (Å²) in [7, 11) is 2.71. The Morgan fingerprint density at radius 1 is 1.53 bits per heavy atom. The van der Waals surface area contributed by atoms with E-state index in [1.54, 1.807) is 0 Å². The second kappa shape index (κ2) is 4.39. The summed E-state index contributed by atoms with van der Waals surface area (Å²) < 4.78 is 30.5. The highest BCUT2D eigenvalue weighted by Crippen LogP contribution is 2.20. The van der Waals surface area contributed by atoms with Crippen molar-refractivity contribution in [3.05, 3.63) is 23.5 Å². The summed E-state index contributed by atoms with van der Waals surface area (Å²) >= 11 is 0. The molecule has 1 heterocycles. The molecule has 1 aromatic rings. The zero-order chi connectivity index (χ0) is 11.6. The van der Waals surface area contributed by atoms with Gasteiger partial charge in [-0.15, -0.1) is 0 Å². The van der Waals surface area contributed by atoms with E-state index in [4.69, 9.17) is 5.73 Å². The number of nitrogens with two attached hydrogens (primary N) is 1. The first-order valence-corrected chi connectivity index (χ1v) is 4.26. The van der Waals surface area contributed by atoms with Crippen LogP contribution in [0.3, 0.4) is 0 Å². The summed E-state index contributed by atoms with van der Waals surface area (Å²) in [4.78, 5) is 11.2. The standard InChI is InChI=1S/C9H12F2N2O2/c1-13-5(7(12)8(10)11)3-4-6(13)9(14)15-2/h3-4,7-8H,12H2,1-2H3. The highest BCUT2D eigenvalue weighted by atomic mass is 19.3. The number of methoxy groups -OCH3 is 1. The van der Waals surface area contributed by atoms with Crippen LogP contribution in [0.2, 0.25) is 0 Å². The molecule has 0 radical (unpaired) electrons. The first-order chi connectivity index (χ1) is 6.99. The van der Waals surface area contributed by atoms with Crippen molar-refractivity contribution in [2.24, 2.45) is 12.8 Å². The molecule has 15 heavy (non-hydrogen) atoms. The lowest BCUT2D eigenvalue weighted by atomic mass is 10.2. The van der Waals surface area contributed by atoms with Crippen LogP contribution in [-0.2, 0) is 11.8 Å². The minimum atomic E-state index is -2.66. The molecular weight excluding hydrogens is 206 g/mol. The van der Waals surface area contributed by atoms with Gasteiger partial charge in [-0.05, 0) is 12.1 Å². The largest absolute Gasteiger partial charge is 0.464 e. The van der Waals surface area contributed by atoms with Gasteiger partial charge in [0.05, 0.1) is 7.11 Å². The number of carbonyl (C=O) groups excluding carboxylic acids is 1. The number of nitrogens with zero attached hydrogens (tertiary/aromatic N) is 1. The SMILES string of the molecule is COC(=O)c1ccc(C(N)C(F)F)n1C. The van der Waals surface area contributed by atoms with Crippen molar-refractivity contribution in [3.8, 4) is 0 Å². The zero-order valence-corrected chi connectivity index (χ0v) is 8.41. The third-order valence-electron chi connectivity index (χ3n) is 2.17. The fraction of sp³-hybridized carbons (Fsp3) is 0.444. The van der Waals surface area contributed by atoms with E-state index in [1.807, 2.05) is 0 Å². The predicted molar refractivity (Wildman–Crippen MR) is 49.7 cm³/mol. The van der Waals surface area contributed by atoms with E-state index in [0.29, 0.717) is 0 Å². The van der Waals surface area contributed by atoms with E-state index in [2.05, 4.69) is 4.74 Å². The predicted octanol–water partition coefficient (Wildman–Crippen LogP) is 1.08. The molecule has 0 saturated heterocycles. The topological polar surface area (TPSA) is 57.2 Å². The molecule has 84 valence electrons. The van der Waals surface area contributed by atoms with Crippen LogP contribution in [0.15, 0.2) is 12.1 Å². The maximum Gasteiger partial charge on any atom is 0.354 e. The normalized spacial score (nSPS) is 12.9. The van der Waals surface area contributed by atoms with E-state index < -0.39 is 18.4 Å². The third-order valence-corrected chi connectivity index (χ3v) is 2.17. The van der Waals surface area contributed by atoms with E-state index in [1.165, 1.54) is 30.9 Å². The van der Waals surface area contributed by atoms with Crippen LogP contribution in [-0.4, -0.2) is 24.1 Å². The minimum Gasteiger partial charge on any atom is -0.464 e. The second-order valence-corrected chi connectivity index (χ2v) is 3.05. The summed E-state index contributed by atoms with van der Waals surface area (Å²) in [5.74, 6) is -0.579. The average Bonchev–Trinajstić information content (AvgIpc) is 2.57. The number of ether oxygens (including phenoxy) is 1. The Kier molecular flexibility index (Phi) is 3.41. The Labute approximate surface area is 85.6 Å². The molecule has 1 unspecified atom stereocenters. The molecule has 0 saturated carbocycles. The number of rotatable bonds is 3. The van der Waals surface area contributed by atoms with Crippen LogP contribution < -0.4 is 5.73 Å². The van der Waals surface area contributed by atoms with Gasteiger partial charge in [0.15, 0.2) is 0 Å². The van der Waals surface area contributed by atoms with Crippen molar-refractivity contribution in [3.63, 3.8) is 0 Å². The number of hydrogen-bond donors (Lipinski definition) is 1. The second-order valence-electron chi connectivity index (χ2n) is 3.05. The van der Waals surface area contributed by atoms with Crippen molar-refractivity contribution in [2.45, 2.75) is 12.5 Å². The van der Waals surface area contributed by atoms with Gasteiger partial charge in [0, 0.05) is 12.7 Å². The quantitative estimate of drug-likeness (QED) is 0.772. The van der Waals surface area contributed by atoms with Crippen molar-refractivity contribution in [2.75, 3.05) is 7.11 Å². The molecule has 0 amide bonds. The van der Waals surface area contributed by atoms with Gasteiger partial charge in [-0.3, -0.25) is 0 Å². The van der Waals surface area contributed by atoms with E-state index in [-0.39, 0.29) is 11.4 Å². The van der Waals surface area contributed by atoms with Crippen LogP contribution in [0.1, 0.15) is 22.2 Å². The molecule has 2 N–H and O–H groups in total. The first-order valence-electron chi connectivity index (χ1n) is 4.26. The number of halogens is 2. The van der Waals surface area contributed by atoms with Gasteiger partial charge >= 0.3 is 5.97 Å². The van der Waals surface area contributed by atoms with Crippen LogP contribution in [0.25, 0.3) is 0 Å². The summed E-state index contributed by atoms with van der Waals surface area (Å²) in [5.41, 5.74) is 5.67. The van der Waals surface area contributed by atoms with Crippen molar-refractivity contribution >= 4 is 5.97 Å². The molecule has 1 atom stereocenters. The Hall–Kier alpha value is -1.43. The van der Waals surface area contributed by atoms with Crippen molar-refractivity contribution in [1.82, 2.24) is 4.57 Å². The Bertz CT molecular complexity index is 363. The minimum absolute atomic E-state index is 0.198. The molecule has 1 aromatic heterocycles. The molecule has 4 nitrogen and oxygen atoms in total. The fourth-order valence-corrected chi connectivity index (χ4v) is 1.30. The number of alkyl halides is 2. The molecule has 0 aliphatic heterocycles. The highest BCUT2D eigenvalue weighted by molar-refractivity contribution is 5.87. The first kappa shape index (κ1) is 11.6. The van der Waals surface area contributed by atoms with Gasteiger partial charge in [0.1, 0.15) is 11.7 Å². The molecule has 1 rings (SSSR count). The van der Waals surface area contributed by atoms with Crippen LogP contribution >= 0.6 is 0 Å². The van der Waals surface area contributed by atoms with Crippen molar-refractivity contribution < 1.29 is 18.3 Å². The van der Waals surface area contributed by atoms with Crippen LogP contribution in [0, 0.1) is 0 Å². The number of hydrogen-bond acceptors (Lipinski definition) is 3. The smallest absolute Gasteiger partial charge is 0.354 e. The number of esters is 1. The lowest BCUT2D eigenvalue weighted by molar-refractivity contribution is 0.0587. The Morgan fingerprint density at radius 3 is 2.60 bits per heavy atom. The summed E-state index contributed by atoms with van der Waals surface area (Å²) in [5, 5.41) is 0. The zero-order valence-electron chi connectivity index (χ0n) is 8.41. The summed E-state index contributed by atoms with van der Waals surface area (Å²) in [6, 6.07) is 1.40. The molecule has 0 aliphatic carbocycles. The van der Waals surface area contributed by atoms with Crippen LogP contribution in [0.5, 0.6) is 0 Å². The molecule has 0 fully saturated rings.